The van der Waals surface area contributed by atoms with E-state index in [4.69, 9.17) is 4.42 Å². The van der Waals surface area contributed by atoms with E-state index in [9.17, 15) is 30.8 Å². The number of aromatic nitrogens is 3. The Balaban J connectivity index is 1.26. The van der Waals surface area contributed by atoms with E-state index in [1.807, 2.05) is 0 Å². The van der Waals surface area contributed by atoms with Crippen LogP contribution in [0.5, 0.6) is 0 Å². The number of Topliss-reactive ketones (excluding diaryl/α,β-unsaturated/α-hetero) is 1. The minimum Gasteiger partial charge on any atom is -0.443 e. The molecule has 13 heteroatoms. The van der Waals surface area contributed by atoms with Gasteiger partial charge in [-0.2, -0.15) is 17.9 Å². The molecular formula is C24H18F4N4O4S. The first-order valence-electron chi connectivity index (χ1n) is 11.1. The minimum atomic E-state index is -4.56. The number of aryl methyl sites for hydroxylation is 1. The number of carbonyl (C=O) groups excluding carboxylic acids is 1. The van der Waals surface area contributed by atoms with Gasteiger partial charge in [-0.1, -0.05) is 0 Å². The van der Waals surface area contributed by atoms with E-state index in [1.54, 1.807) is 0 Å². The number of ketones is 1. The summed E-state index contributed by atoms with van der Waals surface area (Å²) in [6, 6.07) is 8.43. The van der Waals surface area contributed by atoms with Crippen LogP contribution in [0.15, 0.2) is 64.5 Å². The van der Waals surface area contributed by atoms with Gasteiger partial charge >= 0.3 is 6.18 Å². The average molecular weight is 534 g/mol. The topological polar surface area (TPSA) is 115 Å². The molecule has 1 aliphatic carbocycles. The number of furan rings is 1. The van der Waals surface area contributed by atoms with E-state index in [0.717, 1.165) is 24.4 Å². The van der Waals surface area contributed by atoms with Gasteiger partial charge in [0.2, 0.25) is 5.09 Å². The van der Waals surface area contributed by atoms with Crippen LogP contribution >= 0.6 is 0 Å². The molecule has 0 spiro atoms. The molecule has 5 rings (SSSR count). The van der Waals surface area contributed by atoms with E-state index in [1.165, 1.54) is 30.6 Å². The number of nitrogens with zero attached hydrogens (tertiary/aromatic N) is 3. The molecule has 0 atom stereocenters. The van der Waals surface area contributed by atoms with Crippen LogP contribution in [0.1, 0.15) is 30.7 Å². The molecule has 3 heterocycles. The van der Waals surface area contributed by atoms with E-state index < -0.39 is 38.3 Å². The number of benzene rings is 1. The third kappa shape index (κ3) is 5.23. The van der Waals surface area contributed by atoms with Crippen LogP contribution in [-0.4, -0.2) is 34.7 Å². The first-order valence-corrected chi connectivity index (χ1v) is 12.5. The van der Waals surface area contributed by atoms with E-state index >= 15 is 0 Å². The van der Waals surface area contributed by atoms with Crippen molar-refractivity contribution in [1.82, 2.24) is 19.7 Å². The molecule has 0 saturated heterocycles. The maximum atomic E-state index is 13.4. The lowest BCUT2D eigenvalue weighted by atomic mass is 10.0. The highest BCUT2D eigenvalue weighted by molar-refractivity contribution is 7.89. The summed E-state index contributed by atoms with van der Waals surface area (Å²) in [6.07, 6.45) is -1.52. The van der Waals surface area contributed by atoms with Crippen molar-refractivity contribution < 1.29 is 35.2 Å². The quantitative estimate of drug-likeness (QED) is 0.332. The van der Waals surface area contributed by atoms with Gasteiger partial charge in [0.15, 0.2) is 5.78 Å². The Hall–Kier alpha value is -3.71. The molecule has 1 aliphatic rings. The van der Waals surface area contributed by atoms with Crippen molar-refractivity contribution in [3.63, 3.8) is 0 Å². The van der Waals surface area contributed by atoms with Crippen LogP contribution in [0.2, 0.25) is 0 Å². The average Bonchev–Trinajstić information content (AvgIpc) is 3.49. The number of carbonyl (C=O) groups is 1. The maximum Gasteiger partial charge on any atom is 0.433 e. The molecule has 1 aromatic carbocycles. The summed E-state index contributed by atoms with van der Waals surface area (Å²) in [5.41, 5.74) is -0.960. The molecule has 0 unspecified atom stereocenters. The minimum absolute atomic E-state index is 0.0322. The first-order chi connectivity index (χ1) is 17.5. The van der Waals surface area contributed by atoms with Gasteiger partial charge in [0.05, 0.1) is 11.2 Å². The lowest BCUT2D eigenvalue weighted by Crippen LogP contribution is -2.43. The zero-order valence-electron chi connectivity index (χ0n) is 18.9. The molecule has 1 saturated carbocycles. The predicted octanol–water partition coefficient (Wildman–Crippen LogP) is 4.46. The number of sulfonamides is 1. The Morgan fingerprint density at radius 2 is 1.84 bits per heavy atom. The van der Waals surface area contributed by atoms with Gasteiger partial charge in [0.1, 0.15) is 23.4 Å². The molecule has 37 heavy (non-hydrogen) atoms. The molecule has 8 nitrogen and oxygen atoms in total. The number of nitrogens with one attached hydrogen (secondary N) is 1. The zero-order chi connectivity index (χ0) is 26.4. The van der Waals surface area contributed by atoms with Crippen molar-refractivity contribution >= 4 is 26.8 Å². The number of pyridine rings is 1. The maximum absolute atomic E-state index is 13.4. The van der Waals surface area contributed by atoms with E-state index in [0.29, 0.717) is 29.8 Å². The van der Waals surface area contributed by atoms with Crippen LogP contribution < -0.4 is 4.72 Å². The molecule has 3 aromatic heterocycles. The van der Waals surface area contributed by atoms with Gasteiger partial charge in [-0.25, -0.2) is 22.8 Å². The van der Waals surface area contributed by atoms with Gasteiger partial charge in [-0.3, -0.25) is 9.78 Å². The van der Waals surface area contributed by atoms with Crippen LogP contribution in [0.25, 0.3) is 22.2 Å². The molecule has 192 valence electrons. The van der Waals surface area contributed by atoms with Gasteiger partial charge in [-0.15, -0.1) is 0 Å². The second-order valence-electron chi connectivity index (χ2n) is 8.68. The molecule has 0 radical (unpaired) electrons. The van der Waals surface area contributed by atoms with Crippen molar-refractivity contribution in [2.45, 2.75) is 42.5 Å². The summed E-state index contributed by atoms with van der Waals surface area (Å²) in [5.74, 6) is -0.879. The zero-order valence-corrected chi connectivity index (χ0v) is 19.7. The monoisotopic (exact) mass is 534 g/mol. The number of halogens is 4. The summed E-state index contributed by atoms with van der Waals surface area (Å²) in [5, 5.41) is -0.142. The second-order valence-corrected chi connectivity index (χ2v) is 10.3. The fourth-order valence-electron chi connectivity index (χ4n) is 3.88. The Bertz CT molecular complexity index is 1600. The Kier molecular flexibility index (Phi) is 6.07. The van der Waals surface area contributed by atoms with Crippen molar-refractivity contribution in [1.29, 1.82) is 0 Å². The van der Waals surface area contributed by atoms with Crippen molar-refractivity contribution in [3.8, 4) is 11.3 Å². The van der Waals surface area contributed by atoms with Crippen molar-refractivity contribution in [2.75, 3.05) is 0 Å². The third-order valence-electron chi connectivity index (χ3n) is 6.02. The van der Waals surface area contributed by atoms with E-state index in [-0.39, 0.29) is 29.6 Å². The Labute approximate surface area is 207 Å². The lowest BCUT2D eigenvalue weighted by molar-refractivity contribution is -0.141. The highest BCUT2D eigenvalue weighted by atomic mass is 32.2. The second kappa shape index (κ2) is 8.99. The van der Waals surface area contributed by atoms with E-state index in [2.05, 4.69) is 19.7 Å². The summed E-state index contributed by atoms with van der Waals surface area (Å²) in [6.45, 7) is 0. The molecule has 1 fully saturated rings. The molecular weight excluding hydrogens is 516 g/mol. The number of rotatable bonds is 8. The van der Waals surface area contributed by atoms with Crippen molar-refractivity contribution in [2.24, 2.45) is 0 Å². The normalized spacial score (nSPS) is 15.1. The largest absolute Gasteiger partial charge is 0.443 e. The van der Waals surface area contributed by atoms with Gasteiger partial charge in [-0.05, 0) is 55.7 Å². The SMILES string of the molecule is O=C(CCc1cc(-c2ccc(C(F)(F)F)nc2)ncn1)C1(NS(=O)(=O)c2cc3cc(F)ccc3o2)CC1. The highest BCUT2D eigenvalue weighted by Gasteiger charge is 2.52. The number of fused-ring (bicyclic) bond motifs is 1. The van der Waals surface area contributed by atoms with Gasteiger partial charge in [0, 0.05) is 35.3 Å². The standard InChI is InChI=1S/C24H18F4N4O4S/c25-16-2-4-19-15(9-16)10-22(36-19)37(34,35)32-23(7-8-23)21(33)6-3-17-11-18(31-13-30-17)14-1-5-20(29-12-14)24(26,27)28/h1-2,4-5,9-13,32H,3,6-8H2. The lowest BCUT2D eigenvalue weighted by Gasteiger charge is -2.15. The van der Waals surface area contributed by atoms with Gasteiger partial charge in [0.25, 0.3) is 10.0 Å². The summed E-state index contributed by atoms with van der Waals surface area (Å²) in [4.78, 5) is 24.5. The fraction of sp³-hybridized carbons (Fsp3) is 0.250. The molecule has 0 aliphatic heterocycles. The Morgan fingerprint density at radius 3 is 2.51 bits per heavy atom. The van der Waals surface area contributed by atoms with Gasteiger partial charge < -0.3 is 4.42 Å². The highest BCUT2D eigenvalue weighted by Crippen LogP contribution is 2.39. The first kappa shape index (κ1) is 25.0. The summed E-state index contributed by atoms with van der Waals surface area (Å²) < 4.78 is 85.2. The van der Waals surface area contributed by atoms with Crippen molar-refractivity contribution in [3.05, 3.63) is 72.2 Å². The third-order valence-corrected chi connectivity index (χ3v) is 7.41. The Morgan fingerprint density at radius 1 is 1.05 bits per heavy atom. The summed E-state index contributed by atoms with van der Waals surface area (Å²) in [7, 11) is -4.19. The number of alkyl halides is 3. The molecule has 4 aromatic rings. The predicted molar refractivity (Wildman–Crippen MR) is 122 cm³/mol. The number of hydrogen-bond donors (Lipinski definition) is 1. The molecule has 0 amide bonds. The fourth-order valence-corrected chi connectivity index (χ4v) is 5.29. The van der Waals surface area contributed by atoms with Crippen LogP contribution in [0.4, 0.5) is 17.6 Å². The smallest absolute Gasteiger partial charge is 0.433 e. The summed E-state index contributed by atoms with van der Waals surface area (Å²) >= 11 is 0. The molecule has 0 bridgehead atoms. The van der Waals surface area contributed by atoms with Crippen LogP contribution in [0.3, 0.4) is 0 Å². The molecule has 1 N–H and O–H groups in total. The number of hydrogen-bond acceptors (Lipinski definition) is 7. The van der Waals surface area contributed by atoms with Crippen LogP contribution in [0, 0.1) is 5.82 Å². The van der Waals surface area contributed by atoms with Crippen LogP contribution in [-0.2, 0) is 27.4 Å².